The molecule has 0 saturated heterocycles. The smallest absolute Gasteiger partial charge is 0.123 e. The second-order valence-corrected chi connectivity index (χ2v) is 5.72. The van der Waals surface area contributed by atoms with Crippen LogP contribution in [0.4, 0.5) is 0 Å². The number of benzene rings is 2. The Bertz CT molecular complexity index is 543. The molecule has 0 heterocycles. The van der Waals surface area contributed by atoms with E-state index in [0.717, 1.165) is 31.7 Å². The van der Waals surface area contributed by atoms with Crippen LogP contribution in [0.5, 0.6) is 5.75 Å². The zero-order valence-electron chi connectivity index (χ0n) is 9.50. The molecule has 2 aromatic carbocycles. The first-order valence-corrected chi connectivity index (χ1v) is 7.70. The zero-order valence-corrected chi connectivity index (χ0v) is 13.4. The quantitative estimate of drug-likeness (QED) is 0.620. The lowest BCUT2D eigenvalue weighted by Crippen LogP contribution is -1.97. The molecule has 0 saturated carbocycles. The largest absolute Gasteiger partial charge is 0.489 e. The first-order chi connectivity index (χ1) is 8.69. The third-order valence-electron chi connectivity index (χ3n) is 2.45. The van der Waals surface area contributed by atoms with E-state index in [1.54, 1.807) is 0 Å². The number of rotatable bonds is 4. The van der Waals surface area contributed by atoms with E-state index in [9.17, 15) is 0 Å². The van der Waals surface area contributed by atoms with E-state index in [-0.39, 0.29) is 0 Å². The molecule has 4 heteroatoms. The highest BCUT2D eigenvalue weighted by Crippen LogP contribution is 2.26. The van der Waals surface area contributed by atoms with E-state index >= 15 is 0 Å². The summed E-state index contributed by atoms with van der Waals surface area (Å²) in [5.41, 5.74) is 2.18. The van der Waals surface area contributed by atoms with Crippen LogP contribution in [0.1, 0.15) is 11.1 Å². The highest BCUT2D eigenvalue weighted by molar-refractivity contribution is 9.10. The molecular weight excluding hydrogens is 379 g/mol. The second-order valence-electron chi connectivity index (χ2n) is 3.80. The summed E-state index contributed by atoms with van der Waals surface area (Å²) in [5, 5.41) is 1.49. The number of ether oxygens (including phenoxy) is 1. The molecule has 0 spiro atoms. The number of halogens is 3. The minimum Gasteiger partial charge on any atom is -0.489 e. The van der Waals surface area contributed by atoms with Gasteiger partial charge >= 0.3 is 0 Å². The monoisotopic (exact) mass is 388 g/mol. The van der Waals surface area contributed by atoms with Crippen molar-refractivity contribution in [2.75, 3.05) is 0 Å². The first kappa shape index (κ1) is 13.9. The Balaban J connectivity index is 2.10. The molecule has 2 rings (SSSR count). The summed E-state index contributed by atoms with van der Waals surface area (Å²) in [6.45, 7) is 0.516. The summed E-state index contributed by atoms with van der Waals surface area (Å²) in [7, 11) is 0. The number of hydrogen-bond acceptors (Lipinski definition) is 1. The van der Waals surface area contributed by atoms with Gasteiger partial charge in [0.1, 0.15) is 12.4 Å². The Kier molecular flexibility index (Phi) is 5.10. The maximum atomic E-state index is 5.94. The lowest BCUT2D eigenvalue weighted by atomic mass is 10.2. The average Bonchev–Trinajstić information content (AvgIpc) is 2.37. The molecule has 0 unspecified atom stereocenters. The Labute approximate surface area is 128 Å². The fraction of sp³-hybridized carbons (Fsp3) is 0.143. The molecule has 0 radical (unpaired) electrons. The van der Waals surface area contributed by atoms with Gasteiger partial charge in [-0.2, -0.15) is 0 Å². The highest BCUT2D eigenvalue weighted by atomic mass is 79.9. The molecule has 18 heavy (non-hydrogen) atoms. The van der Waals surface area contributed by atoms with Gasteiger partial charge in [0.25, 0.3) is 0 Å². The lowest BCUT2D eigenvalue weighted by molar-refractivity contribution is 0.304. The van der Waals surface area contributed by atoms with Crippen LogP contribution >= 0.6 is 43.5 Å². The first-order valence-electron chi connectivity index (χ1n) is 5.40. The summed E-state index contributed by atoms with van der Waals surface area (Å²) in [5.74, 6) is 0.884. The lowest BCUT2D eigenvalue weighted by Gasteiger charge is -2.10. The van der Waals surface area contributed by atoms with Crippen molar-refractivity contribution in [2.24, 2.45) is 0 Å². The molecule has 0 aromatic heterocycles. The van der Waals surface area contributed by atoms with E-state index in [4.69, 9.17) is 16.3 Å². The summed E-state index contributed by atoms with van der Waals surface area (Å²) in [6.07, 6.45) is 0. The molecule has 94 valence electrons. The standard InChI is InChI=1S/C14H11Br2ClO/c15-8-11-7-12(16)4-5-14(11)18-9-10-2-1-3-13(17)6-10/h1-7H,8-9H2. The molecule has 2 aromatic rings. The molecule has 1 nitrogen and oxygen atoms in total. The van der Waals surface area contributed by atoms with Gasteiger partial charge < -0.3 is 4.74 Å². The van der Waals surface area contributed by atoms with Gasteiger partial charge in [0, 0.05) is 20.4 Å². The summed E-state index contributed by atoms with van der Waals surface area (Å²) < 4.78 is 6.86. The summed E-state index contributed by atoms with van der Waals surface area (Å²) >= 11 is 12.8. The van der Waals surface area contributed by atoms with Crippen molar-refractivity contribution in [3.05, 3.63) is 63.1 Å². The van der Waals surface area contributed by atoms with Crippen molar-refractivity contribution in [3.8, 4) is 5.75 Å². The predicted molar refractivity (Wildman–Crippen MR) is 82.6 cm³/mol. The van der Waals surface area contributed by atoms with Gasteiger partial charge in [0.05, 0.1) is 0 Å². The molecule has 0 fully saturated rings. The normalized spacial score (nSPS) is 10.4. The van der Waals surface area contributed by atoms with E-state index in [1.165, 1.54) is 0 Å². The van der Waals surface area contributed by atoms with E-state index < -0.39 is 0 Å². The van der Waals surface area contributed by atoms with Crippen LogP contribution < -0.4 is 4.74 Å². The van der Waals surface area contributed by atoms with Gasteiger partial charge in [-0.15, -0.1) is 0 Å². The van der Waals surface area contributed by atoms with Gasteiger partial charge in [-0.3, -0.25) is 0 Å². The van der Waals surface area contributed by atoms with Crippen molar-refractivity contribution in [2.45, 2.75) is 11.9 Å². The van der Waals surface area contributed by atoms with Gasteiger partial charge in [-0.05, 0) is 35.9 Å². The third kappa shape index (κ3) is 3.74. The molecule has 0 bridgehead atoms. The van der Waals surface area contributed by atoms with Crippen LogP contribution in [0, 0.1) is 0 Å². The third-order valence-corrected chi connectivity index (χ3v) is 3.78. The molecule has 0 aliphatic heterocycles. The number of hydrogen-bond donors (Lipinski definition) is 0. The van der Waals surface area contributed by atoms with Crippen LogP contribution in [0.25, 0.3) is 0 Å². The van der Waals surface area contributed by atoms with E-state index in [1.807, 2.05) is 42.5 Å². The van der Waals surface area contributed by atoms with E-state index in [0.29, 0.717) is 6.61 Å². The minimum atomic E-state index is 0.516. The molecule has 0 N–H and O–H groups in total. The van der Waals surface area contributed by atoms with Crippen LogP contribution in [0.3, 0.4) is 0 Å². The Morgan fingerprint density at radius 2 is 1.94 bits per heavy atom. The molecule has 0 aliphatic rings. The van der Waals surface area contributed by atoms with Gasteiger partial charge in [-0.1, -0.05) is 55.6 Å². The molecular formula is C14H11Br2ClO. The maximum absolute atomic E-state index is 5.94. The van der Waals surface area contributed by atoms with Crippen LogP contribution in [0.2, 0.25) is 5.02 Å². The topological polar surface area (TPSA) is 9.23 Å². The van der Waals surface area contributed by atoms with Gasteiger partial charge in [-0.25, -0.2) is 0 Å². The second kappa shape index (κ2) is 6.60. The van der Waals surface area contributed by atoms with Gasteiger partial charge in [0.2, 0.25) is 0 Å². The van der Waals surface area contributed by atoms with Crippen molar-refractivity contribution in [1.82, 2.24) is 0 Å². The fourth-order valence-electron chi connectivity index (χ4n) is 1.58. The average molecular weight is 391 g/mol. The SMILES string of the molecule is Clc1cccc(COc2ccc(Br)cc2CBr)c1. The van der Waals surface area contributed by atoms with Crippen molar-refractivity contribution in [3.63, 3.8) is 0 Å². The summed E-state index contributed by atoms with van der Waals surface area (Å²) in [6, 6.07) is 13.7. The highest BCUT2D eigenvalue weighted by Gasteiger charge is 2.04. The number of alkyl halides is 1. The predicted octanol–water partition coefficient (Wildman–Crippen LogP) is 5.58. The van der Waals surface area contributed by atoms with Crippen molar-refractivity contribution >= 4 is 43.5 Å². The van der Waals surface area contributed by atoms with Crippen LogP contribution in [-0.2, 0) is 11.9 Å². The molecule has 0 amide bonds. The molecule has 0 aliphatic carbocycles. The van der Waals surface area contributed by atoms with E-state index in [2.05, 4.69) is 31.9 Å². The van der Waals surface area contributed by atoms with Crippen molar-refractivity contribution in [1.29, 1.82) is 0 Å². The maximum Gasteiger partial charge on any atom is 0.123 e. The minimum absolute atomic E-state index is 0.516. The Morgan fingerprint density at radius 3 is 2.67 bits per heavy atom. The Morgan fingerprint density at radius 1 is 1.11 bits per heavy atom. The van der Waals surface area contributed by atoms with Crippen LogP contribution in [-0.4, -0.2) is 0 Å². The van der Waals surface area contributed by atoms with Crippen molar-refractivity contribution < 1.29 is 4.74 Å². The zero-order chi connectivity index (χ0) is 13.0. The fourth-order valence-corrected chi connectivity index (χ4v) is 2.64. The van der Waals surface area contributed by atoms with Crippen LogP contribution in [0.15, 0.2) is 46.9 Å². The molecule has 0 atom stereocenters. The summed E-state index contributed by atoms with van der Waals surface area (Å²) in [4.78, 5) is 0. The Hall–Kier alpha value is -0.510. The van der Waals surface area contributed by atoms with Gasteiger partial charge in [0.15, 0.2) is 0 Å².